The van der Waals surface area contributed by atoms with Gasteiger partial charge < -0.3 is 19.4 Å². The molecule has 0 rings (SSSR count). The molecule has 0 spiro atoms. The number of aliphatic hydroxyl groups is 1. The van der Waals surface area contributed by atoms with E-state index < -0.39 is 13.5 Å². The lowest BCUT2D eigenvalue weighted by atomic mass is 10.5. The van der Waals surface area contributed by atoms with Gasteiger partial charge in [0.05, 0.1) is 21.1 Å². The molecule has 0 aromatic rings. The Morgan fingerprint density at radius 2 is 1.80 bits per heavy atom. The fourth-order valence-corrected chi connectivity index (χ4v) is 1.02. The zero-order valence-electron chi connectivity index (χ0n) is 6.37. The van der Waals surface area contributed by atoms with Gasteiger partial charge in [0.15, 0.2) is 6.54 Å². The van der Waals surface area contributed by atoms with Crippen molar-refractivity contribution >= 4 is 13.5 Å². The summed E-state index contributed by atoms with van der Waals surface area (Å²) in [6.07, 6.45) is 0. The monoisotopic (exact) mass is 165 g/mol. The van der Waals surface area contributed by atoms with E-state index in [2.05, 4.69) is 0 Å². The second-order valence-corrected chi connectivity index (χ2v) is 4.15. The Balaban J connectivity index is 4.06. The Morgan fingerprint density at radius 3 is 1.90 bits per heavy atom. The normalized spacial score (nSPS) is 11.4. The average molecular weight is 165 g/mol. The van der Waals surface area contributed by atoms with Crippen LogP contribution in [0.15, 0.2) is 0 Å². The molecular weight excluding hydrogens is 153 g/mol. The molecule has 0 bridgehead atoms. The van der Waals surface area contributed by atoms with Crippen LogP contribution in [0.1, 0.15) is 0 Å². The largest absolute Gasteiger partial charge is 0.631 e. The van der Waals surface area contributed by atoms with Crippen LogP contribution in [0.2, 0.25) is 0 Å². The van der Waals surface area contributed by atoms with Gasteiger partial charge in [0, 0.05) is 8.00 Å². The molecule has 10 heavy (non-hydrogen) atoms. The number of nitrogens with zero attached hydrogens (tertiary/aromatic N) is 1. The number of aliphatic hydroxyl groups excluding tert-OH is 1. The van der Waals surface area contributed by atoms with E-state index in [4.69, 9.17) is 5.11 Å². The molecule has 5 heteroatoms. The molecule has 0 radical (unpaired) electrons. The summed E-state index contributed by atoms with van der Waals surface area (Å²) in [7, 11) is 2.63. The third-order valence-electron chi connectivity index (χ3n) is 0.827. The second-order valence-electron chi connectivity index (χ2n) is 3.12. The maximum Gasteiger partial charge on any atom is 0.269 e. The highest BCUT2D eigenvalue weighted by molar-refractivity contribution is 7.43. The van der Waals surface area contributed by atoms with Crippen molar-refractivity contribution in [3.63, 3.8) is 0 Å². The predicted molar refractivity (Wildman–Crippen MR) is 36.8 cm³/mol. The zero-order valence-corrected chi connectivity index (χ0v) is 7.26. The Kier molecular flexibility index (Phi) is 3.42. The second kappa shape index (κ2) is 3.42. The molecule has 0 saturated carbocycles. The van der Waals surface area contributed by atoms with Gasteiger partial charge in [-0.3, -0.25) is 0 Å². The van der Waals surface area contributed by atoms with E-state index in [1.165, 1.54) is 0 Å². The Hall–Kier alpha value is 0.01000. The smallest absolute Gasteiger partial charge is 0.269 e. The number of likely N-dealkylation sites (N-methyl/N-ethyl adjacent to an activating group) is 1. The maximum atomic E-state index is 10.1. The predicted octanol–water partition coefficient (Wildman–Crippen LogP) is -1.77. The van der Waals surface area contributed by atoms with Crippen molar-refractivity contribution in [3.8, 4) is 0 Å². The van der Waals surface area contributed by atoms with Gasteiger partial charge in [0.1, 0.15) is 0 Å². The van der Waals surface area contributed by atoms with Crippen molar-refractivity contribution in [3.05, 3.63) is 0 Å². The van der Waals surface area contributed by atoms with Gasteiger partial charge in [-0.15, -0.1) is 0 Å². The van der Waals surface area contributed by atoms with Crippen molar-refractivity contribution in [1.29, 1.82) is 0 Å². The van der Waals surface area contributed by atoms with Gasteiger partial charge in [-0.1, -0.05) is 0 Å². The summed E-state index contributed by atoms with van der Waals surface area (Å²) >= 11 is 0. The molecule has 0 heterocycles. The molecule has 0 aliphatic carbocycles. The van der Waals surface area contributed by atoms with Crippen molar-refractivity contribution in [2.24, 2.45) is 0 Å². The van der Waals surface area contributed by atoms with Crippen LogP contribution in [0.3, 0.4) is 0 Å². The molecule has 0 atom stereocenters. The van der Waals surface area contributed by atoms with E-state index >= 15 is 0 Å². The zero-order chi connectivity index (χ0) is 8.36. The first-order valence-electron chi connectivity index (χ1n) is 2.82. The van der Waals surface area contributed by atoms with Crippen LogP contribution in [-0.4, -0.2) is 42.8 Å². The number of rotatable bonds is 2. The van der Waals surface area contributed by atoms with Gasteiger partial charge in [0.25, 0.3) is 5.48 Å². The van der Waals surface area contributed by atoms with E-state index in [0.29, 0.717) is 4.48 Å². The molecule has 0 unspecified atom stereocenters. The fourth-order valence-electron chi connectivity index (χ4n) is 0.482. The van der Waals surface area contributed by atoms with Gasteiger partial charge in [0.2, 0.25) is 0 Å². The highest BCUT2D eigenvalue weighted by Crippen LogP contribution is 2.00. The SMILES string of the molecule is C[N+](C)(C)CC(O)=[P+]([O-])[O-]. The number of hydrogen-bond acceptors (Lipinski definition) is 2. The summed E-state index contributed by atoms with van der Waals surface area (Å²) in [4.78, 5) is 20.2. The summed E-state index contributed by atoms with van der Waals surface area (Å²) in [6.45, 7) is 0.151. The molecule has 4 nitrogen and oxygen atoms in total. The van der Waals surface area contributed by atoms with Crippen LogP contribution in [-0.2, 0) is 0 Å². The molecule has 0 amide bonds. The number of hydrogen-bond donors (Lipinski definition) is 1. The maximum absolute atomic E-state index is 10.1. The van der Waals surface area contributed by atoms with E-state index in [9.17, 15) is 9.79 Å². The third kappa shape index (κ3) is 4.85. The van der Waals surface area contributed by atoms with Gasteiger partial charge in [-0.25, -0.2) is 0 Å². The van der Waals surface area contributed by atoms with Gasteiger partial charge >= 0.3 is 0 Å². The van der Waals surface area contributed by atoms with Crippen molar-refractivity contribution in [2.75, 3.05) is 27.7 Å². The third-order valence-corrected chi connectivity index (χ3v) is 1.39. The molecule has 0 aromatic heterocycles. The lowest BCUT2D eigenvalue weighted by molar-refractivity contribution is -0.861. The first-order chi connectivity index (χ1) is 4.33. The summed E-state index contributed by atoms with van der Waals surface area (Å²) < 4.78 is 0.412. The van der Waals surface area contributed by atoms with E-state index in [1.807, 2.05) is 0 Å². The molecule has 0 saturated heterocycles. The molecule has 0 aliphatic rings. The Bertz CT molecular complexity index is 145. The minimum atomic E-state index is -2.77. The minimum Gasteiger partial charge on any atom is -0.631 e. The summed E-state index contributed by atoms with van der Waals surface area (Å²) in [5.74, 6) is 0. The van der Waals surface area contributed by atoms with E-state index in [1.54, 1.807) is 21.1 Å². The van der Waals surface area contributed by atoms with Crippen molar-refractivity contribution < 1.29 is 19.4 Å². The lowest BCUT2D eigenvalue weighted by Gasteiger charge is -2.22. The van der Waals surface area contributed by atoms with Crippen LogP contribution in [0.4, 0.5) is 0 Å². The first kappa shape index (κ1) is 10.0. The summed E-state index contributed by atoms with van der Waals surface area (Å²) in [5, 5.41) is 8.77. The van der Waals surface area contributed by atoms with Crippen LogP contribution < -0.4 is 9.79 Å². The van der Waals surface area contributed by atoms with E-state index in [-0.39, 0.29) is 6.54 Å². The molecule has 1 N–H and O–H groups in total. The molecule has 0 aromatic carbocycles. The standard InChI is InChI=1S/C5H12NO3P/c1-6(2,3)4-5(7)10(8)9/h4H2,1-3H3,(H-,7,8,9). The molecule has 0 aliphatic heterocycles. The van der Waals surface area contributed by atoms with Crippen LogP contribution in [0, 0.1) is 0 Å². The Labute approximate surface area is 61.5 Å². The lowest BCUT2D eigenvalue weighted by Crippen LogP contribution is -2.40. The Morgan fingerprint density at radius 1 is 1.40 bits per heavy atom. The van der Waals surface area contributed by atoms with Crippen LogP contribution >= 0.6 is 8.00 Å². The topological polar surface area (TPSA) is 66.3 Å². The summed E-state index contributed by atoms with van der Waals surface area (Å²) in [6, 6.07) is 0. The molecular formula is C5H12NO3P. The van der Waals surface area contributed by atoms with Gasteiger partial charge in [-0.05, 0) is 0 Å². The molecule has 0 fully saturated rings. The van der Waals surface area contributed by atoms with Crippen LogP contribution in [0.5, 0.6) is 0 Å². The number of quaternary nitrogens is 1. The minimum absolute atomic E-state index is 0.151. The molecule has 60 valence electrons. The van der Waals surface area contributed by atoms with Crippen LogP contribution in [0.25, 0.3) is 0 Å². The highest BCUT2D eigenvalue weighted by Gasteiger charge is 2.12. The average Bonchev–Trinajstić information content (AvgIpc) is 1.60. The highest BCUT2D eigenvalue weighted by atomic mass is 31.1. The van der Waals surface area contributed by atoms with Gasteiger partial charge in [-0.2, -0.15) is 0 Å². The quantitative estimate of drug-likeness (QED) is 0.389. The van der Waals surface area contributed by atoms with Crippen molar-refractivity contribution in [2.45, 2.75) is 0 Å². The first-order valence-corrected chi connectivity index (χ1v) is 4.00. The van der Waals surface area contributed by atoms with Crippen molar-refractivity contribution in [1.82, 2.24) is 0 Å². The van der Waals surface area contributed by atoms with E-state index in [0.717, 1.165) is 0 Å². The summed E-state index contributed by atoms with van der Waals surface area (Å²) in [5.41, 5.74) is -0.456. The fraction of sp³-hybridized carbons (Fsp3) is 0.800.